The van der Waals surface area contributed by atoms with Gasteiger partial charge in [-0.25, -0.2) is 0 Å². The zero-order valence-corrected chi connectivity index (χ0v) is 10.2. The van der Waals surface area contributed by atoms with Crippen LogP contribution in [0.5, 0.6) is 0 Å². The topological polar surface area (TPSA) is 55.1 Å². The Kier molecular flexibility index (Phi) is 3.82. The summed E-state index contributed by atoms with van der Waals surface area (Å²) in [6, 6.07) is 1.90. The SMILES string of the molecule is CCCC1CCC(C(=O)O)C(n2cccn2)C1. The maximum atomic E-state index is 11.3. The molecule has 1 heterocycles. The maximum absolute atomic E-state index is 11.3. The summed E-state index contributed by atoms with van der Waals surface area (Å²) >= 11 is 0. The van der Waals surface area contributed by atoms with Crippen molar-refractivity contribution in [3.63, 3.8) is 0 Å². The van der Waals surface area contributed by atoms with Crippen molar-refractivity contribution in [1.82, 2.24) is 9.78 Å². The van der Waals surface area contributed by atoms with E-state index in [4.69, 9.17) is 0 Å². The van der Waals surface area contributed by atoms with E-state index in [1.807, 2.05) is 16.9 Å². The lowest BCUT2D eigenvalue weighted by atomic mass is 9.76. The molecule has 0 spiro atoms. The first-order valence-electron chi connectivity index (χ1n) is 6.44. The van der Waals surface area contributed by atoms with Gasteiger partial charge in [0.1, 0.15) is 0 Å². The van der Waals surface area contributed by atoms with E-state index in [0.717, 1.165) is 19.3 Å². The van der Waals surface area contributed by atoms with Crippen LogP contribution in [0.4, 0.5) is 0 Å². The van der Waals surface area contributed by atoms with Gasteiger partial charge >= 0.3 is 5.97 Å². The van der Waals surface area contributed by atoms with E-state index in [-0.39, 0.29) is 12.0 Å². The van der Waals surface area contributed by atoms with E-state index >= 15 is 0 Å². The predicted octanol–water partition coefficient (Wildman–Crippen LogP) is 2.73. The van der Waals surface area contributed by atoms with E-state index in [1.54, 1.807) is 6.20 Å². The highest BCUT2D eigenvalue weighted by Crippen LogP contribution is 2.38. The van der Waals surface area contributed by atoms with Gasteiger partial charge in [-0.1, -0.05) is 19.8 Å². The first-order valence-corrected chi connectivity index (χ1v) is 6.44. The summed E-state index contributed by atoms with van der Waals surface area (Å²) in [7, 11) is 0. The Morgan fingerprint density at radius 1 is 1.53 bits per heavy atom. The molecule has 3 atom stereocenters. The fourth-order valence-electron chi connectivity index (χ4n) is 2.96. The standard InChI is InChI=1S/C13H20N2O2/c1-2-4-10-5-6-11(13(16)17)12(9-10)15-8-3-7-14-15/h3,7-8,10-12H,2,4-6,9H2,1H3,(H,16,17). The molecule has 0 saturated heterocycles. The Labute approximate surface area is 102 Å². The monoisotopic (exact) mass is 236 g/mol. The molecular formula is C13H20N2O2. The molecule has 1 aliphatic carbocycles. The normalized spacial score (nSPS) is 29.1. The number of carboxylic acids is 1. The molecule has 4 heteroatoms. The van der Waals surface area contributed by atoms with Gasteiger partial charge in [0.05, 0.1) is 12.0 Å². The molecule has 4 nitrogen and oxygen atoms in total. The average molecular weight is 236 g/mol. The van der Waals surface area contributed by atoms with Crippen LogP contribution in [-0.4, -0.2) is 20.9 Å². The molecule has 0 amide bonds. The van der Waals surface area contributed by atoms with Gasteiger partial charge < -0.3 is 5.11 Å². The lowest BCUT2D eigenvalue weighted by Gasteiger charge is -2.34. The zero-order valence-electron chi connectivity index (χ0n) is 10.2. The van der Waals surface area contributed by atoms with Crippen LogP contribution in [0.15, 0.2) is 18.5 Å². The van der Waals surface area contributed by atoms with E-state index in [2.05, 4.69) is 12.0 Å². The molecule has 3 unspecified atom stereocenters. The van der Waals surface area contributed by atoms with Crippen LogP contribution >= 0.6 is 0 Å². The van der Waals surface area contributed by atoms with Gasteiger partial charge in [0.2, 0.25) is 0 Å². The van der Waals surface area contributed by atoms with E-state index in [9.17, 15) is 9.90 Å². The van der Waals surface area contributed by atoms with Crippen molar-refractivity contribution in [2.45, 2.75) is 45.1 Å². The van der Waals surface area contributed by atoms with Crippen LogP contribution in [0.25, 0.3) is 0 Å². The highest BCUT2D eigenvalue weighted by molar-refractivity contribution is 5.70. The van der Waals surface area contributed by atoms with Crippen LogP contribution in [0.1, 0.15) is 45.1 Å². The number of aliphatic carboxylic acids is 1. The minimum absolute atomic E-state index is 0.0350. The van der Waals surface area contributed by atoms with Crippen LogP contribution in [-0.2, 0) is 4.79 Å². The summed E-state index contributed by atoms with van der Waals surface area (Å²) < 4.78 is 1.83. The van der Waals surface area contributed by atoms with Gasteiger partial charge in [0.15, 0.2) is 0 Å². The number of carbonyl (C=O) groups is 1. The molecule has 0 radical (unpaired) electrons. The third-order valence-corrected chi connectivity index (χ3v) is 3.80. The Bertz CT molecular complexity index is 362. The number of hydrogen-bond donors (Lipinski definition) is 1. The zero-order chi connectivity index (χ0) is 12.3. The van der Waals surface area contributed by atoms with Crippen molar-refractivity contribution >= 4 is 5.97 Å². The van der Waals surface area contributed by atoms with Gasteiger partial charge in [-0.15, -0.1) is 0 Å². The van der Waals surface area contributed by atoms with Crippen molar-refractivity contribution in [3.05, 3.63) is 18.5 Å². The average Bonchev–Trinajstić information content (AvgIpc) is 2.82. The molecule has 1 saturated carbocycles. The third-order valence-electron chi connectivity index (χ3n) is 3.80. The molecule has 2 rings (SSSR count). The summed E-state index contributed by atoms with van der Waals surface area (Å²) in [4.78, 5) is 11.3. The van der Waals surface area contributed by atoms with Gasteiger partial charge in [-0.05, 0) is 31.2 Å². The smallest absolute Gasteiger partial charge is 0.308 e. The Morgan fingerprint density at radius 3 is 2.94 bits per heavy atom. The van der Waals surface area contributed by atoms with E-state index in [1.165, 1.54) is 12.8 Å². The molecule has 1 aromatic rings. The van der Waals surface area contributed by atoms with Crippen LogP contribution in [0.2, 0.25) is 0 Å². The van der Waals surface area contributed by atoms with Crippen molar-refractivity contribution in [3.8, 4) is 0 Å². The maximum Gasteiger partial charge on any atom is 0.308 e. The van der Waals surface area contributed by atoms with E-state index < -0.39 is 5.97 Å². The van der Waals surface area contributed by atoms with Gasteiger partial charge in [-0.2, -0.15) is 5.10 Å². The highest BCUT2D eigenvalue weighted by atomic mass is 16.4. The second-order valence-corrected chi connectivity index (χ2v) is 4.97. The second-order valence-electron chi connectivity index (χ2n) is 4.97. The molecule has 1 fully saturated rings. The lowest BCUT2D eigenvalue weighted by molar-refractivity contribution is -0.145. The fourth-order valence-corrected chi connectivity index (χ4v) is 2.96. The van der Waals surface area contributed by atoms with Crippen molar-refractivity contribution in [2.24, 2.45) is 11.8 Å². The quantitative estimate of drug-likeness (QED) is 0.874. The Hall–Kier alpha value is -1.32. The van der Waals surface area contributed by atoms with Crippen molar-refractivity contribution in [2.75, 3.05) is 0 Å². The first kappa shape index (κ1) is 12.1. The van der Waals surface area contributed by atoms with E-state index in [0.29, 0.717) is 5.92 Å². The van der Waals surface area contributed by atoms with Gasteiger partial charge in [0.25, 0.3) is 0 Å². The molecular weight excluding hydrogens is 216 g/mol. The summed E-state index contributed by atoms with van der Waals surface area (Å²) in [5, 5.41) is 13.5. The number of aromatic nitrogens is 2. The molecule has 0 aliphatic heterocycles. The largest absolute Gasteiger partial charge is 0.481 e. The van der Waals surface area contributed by atoms with Gasteiger partial charge in [-0.3, -0.25) is 9.48 Å². The third kappa shape index (κ3) is 2.68. The summed E-state index contributed by atoms with van der Waals surface area (Å²) in [6.45, 7) is 2.19. The number of nitrogens with zero attached hydrogens (tertiary/aromatic N) is 2. The number of rotatable bonds is 4. The lowest BCUT2D eigenvalue weighted by Crippen LogP contribution is -2.33. The predicted molar refractivity (Wildman–Crippen MR) is 64.6 cm³/mol. The number of hydrogen-bond acceptors (Lipinski definition) is 2. The minimum Gasteiger partial charge on any atom is -0.481 e. The molecule has 1 aliphatic rings. The summed E-state index contributed by atoms with van der Waals surface area (Å²) in [5.41, 5.74) is 0. The molecule has 94 valence electrons. The Balaban J connectivity index is 2.13. The number of carboxylic acid groups (broad SMARTS) is 1. The fraction of sp³-hybridized carbons (Fsp3) is 0.692. The molecule has 0 bridgehead atoms. The Morgan fingerprint density at radius 2 is 2.35 bits per heavy atom. The first-order chi connectivity index (χ1) is 8.22. The second kappa shape index (κ2) is 5.34. The van der Waals surface area contributed by atoms with Crippen molar-refractivity contribution in [1.29, 1.82) is 0 Å². The van der Waals surface area contributed by atoms with Crippen LogP contribution in [0, 0.1) is 11.8 Å². The molecule has 1 aromatic heterocycles. The molecule has 0 aromatic carbocycles. The van der Waals surface area contributed by atoms with Crippen LogP contribution in [0.3, 0.4) is 0 Å². The van der Waals surface area contributed by atoms with Crippen LogP contribution < -0.4 is 0 Å². The van der Waals surface area contributed by atoms with Gasteiger partial charge in [0, 0.05) is 12.4 Å². The van der Waals surface area contributed by atoms with Crippen molar-refractivity contribution < 1.29 is 9.90 Å². The molecule has 1 N–H and O–H groups in total. The highest BCUT2D eigenvalue weighted by Gasteiger charge is 2.35. The summed E-state index contributed by atoms with van der Waals surface area (Å²) in [5.74, 6) is -0.298. The summed E-state index contributed by atoms with van der Waals surface area (Å²) in [6.07, 6.45) is 8.76. The molecule has 17 heavy (non-hydrogen) atoms. The minimum atomic E-state index is -0.680.